The first-order valence-corrected chi connectivity index (χ1v) is 10.2. The zero-order chi connectivity index (χ0) is 21.1. The van der Waals surface area contributed by atoms with Crippen LogP contribution in [0.2, 0.25) is 0 Å². The molecule has 4 rings (SSSR count). The van der Waals surface area contributed by atoms with Crippen molar-refractivity contribution in [3.05, 3.63) is 65.5 Å². The predicted octanol–water partition coefficient (Wildman–Crippen LogP) is 1.90. The summed E-state index contributed by atoms with van der Waals surface area (Å²) in [6, 6.07) is 13.6. The average Bonchev–Trinajstić information content (AvgIpc) is 3.02. The van der Waals surface area contributed by atoms with E-state index >= 15 is 0 Å². The van der Waals surface area contributed by atoms with Crippen molar-refractivity contribution in [3.63, 3.8) is 0 Å². The van der Waals surface area contributed by atoms with Crippen LogP contribution in [0.1, 0.15) is 17.5 Å². The lowest BCUT2D eigenvalue weighted by Gasteiger charge is -2.38. The standard InChI is InChI=1S/C23H27FN2O4/c1-29-14-21(27)25-19-12-20(30-18-8-4-7-17(24)11-18)23(28)22(19)26-10-9-15-5-2-3-6-16(15)13-26/h2-8,11,19-20,22-23,28H,9-10,12-14H2,1H3,(H,25,27)/t19-,20-,22+,23+/m1/s1. The highest BCUT2D eigenvalue weighted by atomic mass is 19.1. The molecule has 30 heavy (non-hydrogen) atoms. The van der Waals surface area contributed by atoms with Crippen molar-refractivity contribution < 1.29 is 23.8 Å². The first-order valence-electron chi connectivity index (χ1n) is 10.2. The van der Waals surface area contributed by atoms with E-state index in [1.54, 1.807) is 12.1 Å². The first-order chi connectivity index (χ1) is 14.5. The molecule has 0 spiro atoms. The highest BCUT2D eigenvalue weighted by Crippen LogP contribution is 2.32. The number of halogens is 1. The van der Waals surface area contributed by atoms with Crippen LogP contribution in [0, 0.1) is 5.82 Å². The van der Waals surface area contributed by atoms with Gasteiger partial charge in [0, 0.05) is 32.7 Å². The fraction of sp³-hybridized carbons (Fsp3) is 0.435. The van der Waals surface area contributed by atoms with E-state index < -0.39 is 18.0 Å². The fourth-order valence-electron chi connectivity index (χ4n) is 4.59. The summed E-state index contributed by atoms with van der Waals surface area (Å²) in [5.74, 6) is -0.261. The molecular weight excluding hydrogens is 387 g/mol. The zero-order valence-electron chi connectivity index (χ0n) is 17.0. The molecule has 2 N–H and O–H groups in total. The molecule has 0 aromatic heterocycles. The number of ether oxygens (including phenoxy) is 2. The topological polar surface area (TPSA) is 71.0 Å². The monoisotopic (exact) mass is 414 g/mol. The molecule has 1 aliphatic carbocycles. The summed E-state index contributed by atoms with van der Waals surface area (Å²) in [5.41, 5.74) is 2.54. The highest BCUT2D eigenvalue weighted by molar-refractivity contribution is 5.77. The molecule has 2 aromatic rings. The predicted molar refractivity (Wildman–Crippen MR) is 110 cm³/mol. The molecule has 0 saturated heterocycles. The van der Waals surface area contributed by atoms with Crippen molar-refractivity contribution in [2.45, 2.75) is 43.7 Å². The number of nitrogens with zero attached hydrogens (tertiary/aromatic N) is 1. The lowest BCUT2D eigenvalue weighted by atomic mass is 9.97. The van der Waals surface area contributed by atoms with Crippen molar-refractivity contribution in [1.82, 2.24) is 10.2 Å². The van der Waals surface area contributed by atoms with Crippen molar-refractivity contribution in [2.75, 3.05) is 20.3 Å². The largest absolute Gasteiger partial charge is 0.487 e. The smallest absolute Gasteiger partial charge is 0.246 e. The average molecular weight is 414 g/mol. The Morgan fingerprint density at radius 2 is 2.03 bits per heavy atom. The number of benzene rings is 2. The molecule has 1 heterocycles. The molecule has 6 nitrogen and oxygen atoms in total. The number of carbonyl (C=O) groups is 1. The number of aliphatic hydroxyl groups excluding tert-OH is 1. The number of methoxy groups -OCH3 is 1. The Morgan fingerprint density at radius 1 is 1.23 bits per heavy atom. The van der Waals surface area contributed by atoms with Crippen LogP contribution in [0.25, 0.3) is 0 Å². The molecule has 1 amide bonds. The molecule has 0 bridgehead atoms. The van der Waals surface area contributed by atoms with E-state index in [0.717, 1.165) is 13.0 Å². The number of rotatable bonds is 6. The van der Waals surface area contributed by atoms with Gasteiger partial charge in [-0.15, -0.1) is 0 Å². The Bertz CT molecular complexity index is 893. The van der Waals surface area contributed by atoms with E-state index in [4.69, 9.17) is 9.47 Å². The Labute approximate surface area is 175 Å². The second-order valence-electron chi connectivity index (χ2n) is 7.93. The third kappa shape index (κ3) is 4.48. The van der Waals surface area contributed by atoms with Gasteiger partial charge in [-0.3, -0.25) is 9.69 Å². The molecule has 1 fully saturated rings. The van der Waals surface area contributed by atoms with Crippen LogP contribution in [-0.2, 0) is 22.5 Å². The molecule has 2 aromatic carbocycles. The fourth-order valence-corrected chi connectivity index (χ4v) is 4.59. The van der Waals surface area contributed by atoms with Gasteiger partial charge >= 0.3 is 0 Å². The van der Waals surface area contributed by atoms with Gasteiger partial charge in [0.1, 0.15) is 30.4 Å². The SMILES string of the molecule is COCC(=O)N[C@@H]1C[C@@H](Oc2cccc(F)c2)[C@H](O)[C@H]1N1CCc2ccccc2C1. The van der Waals surface area contributed by atoms with Gasteiger partial charge in [-0.2, -0.15) is 0 Å². The van der Waals surface area contributed by atoms with E-state index in [0.29, 0.717) is 18.7 Å². The Balaban J connectivity index is 1.54. The summed E-state index contributed by atoms with van der Waals surface area (Å²) in [5, 5.41) is 14.1. The molecule has 1 aliphatic heterocycles. The lowest BCUT2D eigenvalue weighted by Crippen LogP contribution is -2.55. The quantitative estimate of drug-likeness (QED) is 0.756. The Hall–Kier alpha value is -2.48. The molecular formula is C23H27FN2O4. The summed E-state index contributed by atoms with van der Waals surface area (Å²) in [7, 11) is 1.47. The van der Waals surface area contributed by atoms with E-state index in [1.807, 2.05) is 12.1 Å². The Morgan fingerprint density at radius 3 is 2.80 bits per heavy atom. The number of carbonyl (C=O) groups excluding carboxylic acids is 1. The van der Waals surface area contributed by atoms with Crippen LogP contribution in [0.15, 0.2) is 48.5 Å². The molecule has 7 heteroatoms. The molecule has 0 unspecified atom stereocenters. The third-order valence-electron chi connectivity index (χ3n) is 5.92. The maximum absolute atomic E-state index is 13.6. The van der Waals surface area contributed by atoms with Crippen molar-refractivity contribution >= 4 is 5.91 Å². The third-order valence-corrected chi connectivity index (χ3v) is 5.92. The first kappa shape index (κ1) is 20.8. The lowest BCUT2D eigenvalue weighted by molar-refractivity contribution is -0.126. The van der Waals surface area contributed by atoms with E-state index in [-0.39, 0.29) is 24.6 Å². The number of nitrogens with one attached hydrogen (secondary N) is 1. The number of aliphatic hydroxyl groups is 1. The summed E-state index contributed by atoms with van der Waals surface area (Å²) < 4.78 is 24.4. The maximum atomic E-state index is 13.6. The van der Waals surface area contributed by atoms with Gasteiger partial charge in [0.15, 0.2) is 0 Å². The van der Waals surface area contributed by atoms with E-state index in [2.05, 4.69) is 22.3 Å². The van der Waals surface area contributed by atoms with E-state index in [9.17, 15) is 14.3 Å². The second kappa shape index (κ2) is 9.12. The van der Waals surface area contributed by atoms with Crippen LogP contribution in [0.5, 0.6) is 5.75 Å². The number of hydrogen-bond acceptors (Lipinski definition) is 5. The summed E-state index contributed by atoms with van der Waals surface area (Å²) in [4.78, 5) is 14.4. The van der Waals surface area contributed by atoms with Crippen LogP contribution < -0.4 is 10.1 Å². The summed E-state index contributed by atoms with van der Waals surface area (Å²) in [6.07, 6.45) is -0.0723. The van der Waals surface area contributed by atoms with Gasteiger partial charge in [0.05, 0.1) is 12.1 Å². The second-order valence-corrected chi connectivity index (χ2v) is 7.93. The Kier molecular flexibility index (Phi) is 6.32. The zero-order valence-corrected chi connectivity index (χ0v) is 17.0. The summed E-state index contributed by atoms with van der Waals surface area (Å²) in [6.45, 7) is 1.43. The minimum atomic E-state index is -0.827. The van der Waals surface area contributed by atoms with Gasteiger partial charge in [-0.1, -0.05) is 30.3 Å². The van der Waals surface area contributed by atoms with Crippen LogP contribution >= 0.6 is 0 Å². The van der Waals surface area contributed by atoms with E-state index in [1.165, 1.54) is 30.4 Å². The van der Waals surface area contributed by atoms with Crippen molar-refractivity contribution in [2.24, 2.45) is 0 Å². The molecule has 4 atom stereocenters. The number of amides is 1. The normalized spacial score (nSPS) is 26.2. The number of fused-ring (bicyclic) bond motifs is 1. The molecule has 1 saturated carbocycles. The van der Waals surface area contributed by atoms with Gasteiger partial charge in [0.25, 0.3) is 0 Å². The van der Waals surface area contributed by atoms with Crippen molar-refractivity contribution in [1.29, 1.82) is 0 Å². The molecule has 160 valence electrons. The minimum Gasteiger partial charge on any atom is -0.487 e. The maximum Gasteiger partial charge on any atom is 0.246 e. The van der Waals surface area contributed by atoms with Crippen LogP contribution in [0.3, 0.4) is 0 Å². The highest BCUT2D eigenvalue weighted by Gasteiger charge is 2.47. The minimum absolute atomic E-state index is 0.0441. The van der Waals surface area contributed by atoms with Gasteiger partial charge < -0.3 is 19.9 Å². The van der Waals surface area contributed by atoms with Crippen LogP contribution in [0.4, 0.5) is 4.39 Å². The van der Waals surface area contributed by atoms with Gasteiger partial charge in [-0.05, 0) is 29.7 Å². The summed E-state index contributed by atoms with van der Waals surface area (Å²) >= 11 is 0. The molecule has 0 radical (unpaired) electrons. The van der Waals surface area contributed by atoms with Gasteiger partial charge in [-0.25, -0.2) is 4.39 Å². The van der Waals surface area contributed by atoms with Gasteiger partial charge in [0.2, 0.25) is 5.91 Å². The molecule has 2 aliphatic rings. The van der Waals surface area contributed by atoms with Crippen LogP contribution in [-0.4, -0.2) is 60.5 Å². The number of hydrogen-bond donors (Lipinski definition) is 2. The van der Waals surface area contributed by atoms with Crippen molar-refractivity contribution in [3.8, 4) is 5.75 Å².